The zero-order chi connectivity index (χ0) is 27.6. The second-order valence-corrected chi connectivity index (χ2v) is 11.2. The third-order valence-corrected chi connectivity index (χ3v) is 8.99. The van der Waals surface area contributed by atoms with Gasteiger partial charge in [-0.15, -0.1) is 0 Å². The Kier molecular flexibility index (Phi) is 5.00. The van der Waals surface area contributed by atoms with E-state index in [4.69, 9.17) is 0 Å². The molecule has 0 radical (unpaired) electrons. The van der Waals surface area contributed by atoms with Crippen LogP contribution in [0.3, 0.4) is 0 Å². The Morgan fingerprint density at radius 2 is 0.738 bits per heavy atom. The first kappa shape index (κ1) is 23.3. The van der Waals surface area contributed by atoms with Gasteiger partial charge in [-0.2, -0.15) is 0 Å². The highest BCUT2D eigenvalue weighted by Crippen LogP contribution is 2.49. The fraction of sp³-hybridized carbons (Fsp3) is 0. The van der Waals surface area contributed by atoms with Crippen LogP contribution in [0.4, 0.5) is 0 Å². The van der Waals surface area contributed by atoms with Gasteiger partial charge in [0.2, 0.25) is 0 Å². The first-order valence-electron chi connectivity index (χ1n) is 14.6. The average molecular weight is 531 g/mol. The molecule has 0 unspecified atom stereocenters. The Labute approximate surface area is 244 Å². The van der Waals surface area contributed by atoms with E-state index in [1.807, 2.05) is 0 Å². The Morgan fingerprint density at radius 1 is 0.238 bits per heavy atom. The summed E-state index contributed by atoms with van der Waals surface area (Å²) in [6.45, 7) is 0. The minimum atomic E-state index is 1.24. The van der Waals surface area contributed by atoms with Gasteiger partial charge < -0.3 is 0 Å². The Balaban J connectivity index is 1.45. The van der Waals surface area contributed by atoms with Gasteiger partial charge in [0.1, 0.15) is 0 Å². The van der Waals surface area contributed by atoms with Crippen molar-refractivity contribution in [1.82, 2.24) is 0 Å². The number of hydrogen-bond donors (Lipinski definition) is 0. The minimum absolute atomic E-state index is 1.24. The molecule has 194 valence electrons. The molecule has 0 heteroatoms. The van der Waals surface area contributed by atoms with Crippen LogP contribution >= 0.6 is 0 Å². The molecule has 9 rings (SSSR count). The maximum atomic E-state index is 2.36. The van der Waals surface area contributed by atoms with Crippen LogP contribution in [-0.4, -0.2) is 0 Å². The Hall–Kier alpha value is -5.46. The van der Waals surface area contributed by atoms with Crippen LogP contribution in [0.1, 0.15) is 0 Å². The van der Waals surface area contributed by atoms with Crippen LogP contribution < -0.4 is 0 Å². The van der Waals surface area contributed by atoms with Crippen molar-refractivity contribution in [3.8, 4) is 33.4 Å². The molecule has 0 heterocycles. The molecule has 0 saturated heterocycles. The zero-order valence-corrected chi connectivity index (χ0v) is 23.0. The highest BCUT2D eigenvalue weighted by Gasteiger charge is 2.20. The zero-order valence-electron chi connectivity index (χ0n) is 23.0. The lowest BCUT2D eigenvalue weighted by Gasteiger charge is -2.21. The van der Waals surface area contributed by atoms with Crippen LogP contribution in [0.25, 0.3) is 87.2 Å². The molecule has 0 nitrogen and oxygen atoms in total. The summed E-state index contributed by atoms with van der Waals surface area (Å²) in [5.74, 6) is 0. The van der Waals surface area contributed by atoms with E-state index in [0.717, 1.165) is 0 Å². The second kappa shape index (κ2) is 9.03. The van der Waals surface area contributed by atoms with Crippen molar-refractivity contribution >= 4 is 53.9 Å². The Morgan fingerprint density at radius 3 is 1.52 bits per heavy atom. The van der Waals surface area contributed by atoms with Gasteiger partial charge in [0.05, 0.1) is 0 Å². The lowest BCUT2D eigenvalue weighted by Crippen LogP contribution is -1.93. The Bertz CT molecular complexity index is 2430. The van der Waals surface area contributed by atoms with Crippen LogP contribution in [0.15, 0.2) is 158 Å². The standard InChI is InChI=1S/C42H26/c1-3-12-27(13-4-1)29-16-9-17-30(26-29)39-33-18-7-8-19-35(33)42-38-25-24-31(28-14-5-2-6-15-28)32-20-10-21-34(40(32)38)36-22-11-23-37(39)41(36)42/h1-26H. The van der Waals surface area contributed by atoms with Gasteiger partial charge in [-0.3, -0.25) is 0 Å². The largest absolute Gasteiger partial charge is 0.0622 e. The predicted molar refractivity (Wildman–Crippen MR) is 181 cm³/mol. The molecule has 9 aromatic rings. The number of rotatable bonds is 3. The second-order valence-electron chi connectivity index (χ2n) is 11.2. The van der Waals surface area contributed by atoms with Crippen LogP contribution in [0.2, 0.25) is 0 Å². The van der Waals surface area contributed by atoms with Crippen molar-refractivity contribution in [2.24, 2.45) is 0 Å². The van der Waals surface area contributed by atoms with Crippen molar-refractivity contribution in [1.29, 1.82) is 0 Å². The molecular formula is C42H26. The van der Waals surface area contributed by atoms with Gasteiger partial charge >= 0.3 is 0 Å². The van der Waals surface area contributed by atoms with E-state index in [-0.39, 0.29) is 0 Å². The van der Waals surface area contributed by atoms with Crippen molar-refractivity contribution in [2.75, 3.05) is 0 Å². The summed E-state index contributed by atoms with van der Waals surface area (Å²) < 4.78 is 0. The third kappa shape index (κ3) is 3.30. The highest BCUT2D eigenvalue weighted by molar-refractivity contribution is 6.41. The lowest BCUT2D eigenvalue weighted by molar-refractivity contribution is 1.61. The fourth-order valence-electron chi connectivity index (χ4n) is 7.24. The third-order valence-electron chi connectivity index (χ3n) is 8.99. The molecule has 42 heavy (non-hydrogen) atoms. The summed E-state index contributed by atoms with van der Waals surface area (Å²) in [5.41, 5.74) is 7.57. The van der Waals surface area contributed by atoms with Gasteiger partial charge in [-0.1, -0.05) is 152 Å². The molecule has 0 saturated carbocycles. The molecule has 0 atom stereocenters. The van der Waals surface area contributed by atoms with Gasteiger partial charge in [-0.05, 0) is 93.3 Å². The first-order valence-corrected chi connectivity index (χ1v) is 14.6. The normalized spacial score (nSPS) is 11.8. The van der Waals surface area contributed by atoms with E-state index >= 15 is 0 Å². The van der Waals surface area contributed by atoms with E-state index in [2.05, 4.69) is 158 Å². The molecule has 0 aromatic heterocycles. The average Bonchev–Trinajstić information content (AvgIpc) is 3.07. The topological polar surface area (TPSA) is 0 Å². The SMILES string of the molecule is c1ccc(-c2cccc(-c3c4ccccc4c4c5ccc(-c6ccccc6)c6cccc(c7cccc3c74)c65)c2)cc1. The van der Waals surface area contributed by atoms with E-state index in [0.29, 0.717) is 0 Å². The molecule has 0 aliphatic heterocycles. The number of benzene rings is 9. The van der Waals surface area contributed by atoms with E-state index in [9.17, 15) is 0 Å². The molecule has 0 aliphatic carbocycles. The van der Waals surface area contributed by atoms with Crippen molar-refractivity contribution in [3.63, 3.8) is 0 Å². The van der Waals surface area contributed by atoms with Gasteiger partial charge in [0, 0.05) is 0 Å². The van der Waals surface area contributed by atoms with Crippen molar-refractivity contribution in [2.45, 2.75) is 0 Å². The van der Waals surface area contributed by atoms with Crippen molar-refractivity contribution in [3.05, 3.63) is 158 Å². The summed E-state index contributed by atoms with van der Waals surface area (Å²) in [5, 5.41) is 13.2. The smallest absolute Gasteiger partial charge is 0.00137 e. The summed E-state index contributed by atoms with van der Waals surface area (Å²) in [4.78, 5) is 0. The van der Waals surface area contributed by atoms with E-state index < -0.39 is 0 Å². The molecule has 0 aliphatic rings. The summed E-state index contributed by atoms with van der Waals surface area (Å²) in [6, 6.07) is 57.9. The molecule has 0 amide bonds. The van der Waals surface area contributed by atoms with Gasteiger partial charge in [0.25, 0.3) is 0 Å². The maximum absolute atomic E-state index is 2.36. The molecular weight excluding hydrogens is 504 g/mol. The lowest BCUT2D eigenvalue weighted by atomic mass is 9.82. The first-order chi connectivity index (χ1) is 20.9. The summed E-state index contributed by atoms with van der Waals surface area (Å²) in [6.07, 6.45) is 0. The van der Waals surface area contributed by atoms with Gasteiger partial charge in [-0.25, -0.2) is 0 Å². The fourth-order valence-corrected chi connectivity index (χ4v) is 7.24. The molecule has 0 N–H and O–H groups in total. The highest BCUT2D eigenvalue weighted by atomic mass is 14.2. The molecule has 0 fully saturated rings. The quantitative estimate of drug-likeness (QED) is 0.157. The van der Waals surface area contributed by atoms with Crippen LogP contribution in [0.5, 0.6) is 0 Å². The summed E-state index contributed by atoms with van der Waals surface area (Å²) in [7, 11) is 0. The van der Waals surface area contributed by atoms with Gasteiger partial charge in [0.15, 0.2) is 0 Å². The van der Waals surface area contributed by atoms with E-state index in [1.165, 1.54) is 87.2 Å². The maximum Gasteiger partial charge on any atom is -0.00137 e. The molecule has 9 aromatic carbocycles. The van der Waals surface area contributed by atoms with Crippen LogP contribution in [-0.2, 0) is 0 Å². The molecule has 0 bridgehead atoms. The number of fused-ring (bicyclic) bond motifs is 4. The number of hydrogen-bond acceptors (Lipinski definition) is 0. The van der Waals surface area contributed by atoms with Crippen molar-refractivity contribution < 1.29 is 0 Å². The monoisotopic (exact) mass is 530 g/mol. The minimum Gasteiger partial charge on any atom is -0.0622 e. The van der Waals surface area contributed by atoms with E-state index in [1.54, 1.807) is 0 Å². The molecule has 0 spiro atoms. The van der Waals surface area contributed by atoms with Crippen LogP contribution in [0, 0.1) is 0 Å². The predicted octanol–water partition coefficient (Wildman–Crippen LogP) is 11.9. The summed E-state index contributed by atoms with van der Waals surface area (Å²) >= 11 is 0.